The van der Waals surface area contributed by atoms with Gasteiger partial charge in [0.15, 0.2) is 0 Å². The minimum Gasteiger partial charge on any atom is -0.439 e. The first-order valence-corrected chi connectivity index (χ1v) is 7.24. The van der Waals surface area contributed by atoms with Gasteiger partial charge in [0.25, 0.3) is 0 Å². The fourth-order valence-electron chi connectivity index (χ4n) is 2.67. The number of aromatic nitrogens is 1. The van der Waals surface area contributed by atoms with Crippen LogP contribution in [-0.2, 0) is 19.4 Å². The molecule has 2 aromatic rings. The summed E-state index contributed by atoms with van der Waals surface area (Å²) in [6, 6.07) is 10.4. The van der Waals surface area contributed by atoms with Gasteiger partial charge in [0.2, 0.25) is 5.88 Å². The first-order valence-electron chi connectivity index (χ1n) is 7.24. The predicted molar refractivity (Wildman–Crippen MR) is 80.2 cm³/mol. The van der Waals surface area contributed by atoms with E-state index in [0.717, 1.165) is 17.9 Å². The highest BCUT2D eigenvalue weighted by Gasteiger charge is 2.10. The van der Waals surface area contributed by atoms with E-state index in [1.54, 1.807) is 0 Å². The molecule has 0 aliphatic heterocycles. The molecule has 1 heterocycles. The zero-order valence-electron chi connectivity index (χ0n) is 11.9. The van der Waals surface area contributed by atoms with E-state index in [9.17, 15) is 0 Å². The van der Waals surface area contributed by atoms with Gasteiger partial charge in [0.1, 0.15) is 5.75 Å². The van der Waals surface area contributed by atoms with Crippen molar-refractivity contribution in [2.24, 2.45) is 0 Å². The summed E-state index contributed by atoms with van der Waals surface area (Å²) in [5.41, 5.74) is 4.06. The number of rotatable bonds is 4. The molecular weight excluding hydrogens is 248 g/mol. The van der Waals surface area contributed by atoms with Crippen molar-refractivity contribution in [3.63, 3.8) is 0 Å². The van der Waals surface area contributed by atoms with Crippen molar-refractivity contribution < 1.29 is 4.74 Å². The molecule has 1 aliphatic carbocycles. The van der Waals surface area contributed by atoms with Crippen molar-refractivity contribution in [1.29, 1.82) is 0 Å². The molecule has 0 saturated heterocycles. The molecule has 1 aromatic carbocycles. The van der Waals surface area contributed by atoms with Crippen LogP contribution >= 0.6 is 0 Å². The average molecular weight is 268 g/mol. The summed E-state index contributed by atoms with van der Waals surface area (Å²) in [6.45, 7) is 0.826. The molecular formula is C17H20N2O. The van der Waals surface area contributed by atoms with Crippen LogP contribution in [0, 0.1) is 0 Å². The molecule has 1 aliphatic rings. The van der Waals surface area contributed by atoms with Crippen LogP contribution in [0.1, 0.15) is 29.5 Å². The molecule has 20 heavy (non-hydrogen) atoms. The Morgan fingerprint density at radius 1 is 1.10 bits per heavy atom. The highest BCUT2D eigenvalue weighted by molar-refractivity contribution is 5.38. The standard InChI is InChI=1S/C17H20N2O/c1-18-11-13-6-9-17(19-12-13)20-16-8-7-14-4-2-3-5-15(14)10-16/h6-10,12,18H,2-5,11H2,1H3. The Morgan fingerprint density at radius 3 is 2.70 bits per heavy atom. The summed E-state index contributed by atoms with van der Waals surface area (Å²) in [4.78, 5) is 4.34. The van der Waals surface area contributed by atoms with Gasteiger partial charge in [-0.15, -0.1) is 0 Å². The van der Waals surface area contributed by atoms with Gasteiger partial charge >= 0.3 is 0 Å². The Labute approximate surface area is 120 Å². The van der Waals surface area contributed by atoms with Gasteiger partial charge in [-0.25, -0.2) is 4.98 Å². The molecule has 3 heteroatoms. The van der Waals surface area contributed by atoms with Gasteiger partial charge in [0, 0.05) is 18.8 Å². The van der Waals surface area contributed by atoms with Gasteiger partial charge in [0.05, 0.1) is 0 Å². The van der Waals surface area contributed by atoms with Gasteiger partial charge in [-0.05, 0) is 61.6 Å². The number of benzene rings is 1. The van der Waals surface area contributed by atoms with E-state index in [2.05, 4.69) is 22.4 Å². The SMILES string of the molecule is CNCc1ccc(Oc2ccc3c(c2)CCCC3)nc1. The van der Waals surface area contributed by atoms with Gasteiger partial charge in [-0.1, -0.05) is 12.1 Å². The number of nitrogens with zero attached hydrogens (tertiary/aromatic N) is 1. The first kappa shape index (κ1) is 13.1. The van der Waals surface area contributed by atoms with E-state index in [-0.39, 0.29) is 0 Å². The second-order valence-electron chi connectivity index (χ2n) is 5.27. The summed E-state index contributed by atoms with van der Waals surface area (Å²) in [5, 5.41) is 3.11. The van der Waals surface area contributed by atoms with E-state index in [0.29, 0.717) is 5.88 Å². The topological polar surface area (TPSA) is 34.1 Å². The summed E-state index contributed by atoms with van der Waals surface area (Å²) < 4.78 is 5.85. The lowest BCUT2D eigenvalue weighted by Gasteiger charge is -2.16. The van der Waals surface area contributed by atoms with Crippen molar-refractivity contribution in [3.05, 3.63) is 53.2 Å². The minimum absolute atomic E-state index is 0.653. The number of aryl methyl sites for hydroxylation is 2. The van der Waals surface area contributed by atoms with Crippen molar-refractivity contribution in [2.75, 3.05) is 7.05 Å². The van der Waals surface area contributed by atoms with Gasteiger partial charge < -0.3 is 10.1 Å². The summed E-state index contributed by atoms with van der Waals surface area (Å²) in [5.74, 6) is 1.54. The largest absolute Gasteiger partial charge is 0.439 e. The third-order valence-corrected chi connectivity index (χ3v) is 3.72. The number of pyridine rings is 1. The lowest BCUT2D eigenvalue weighted by molar-refractivity contribution is 0.461. The average Bonchev–Trinajstić information content (AvgIpc) is 2.49. The van der Waals surface area contributed by atoms with Crippen LogP contribution in [0.15, 0.2) is 36.5 Å². The number of hydrogen-bond acceptors (Lipinski definition) is 3. The Kier molecular flexibility index (Phi) is 3.97. The maximum Gasteiger partial charge on any atom is 0.219 e. The number of ether oxygens (including phenoxy) is 1. The van der Waals surface area contributed by atoms with Crippen molar-refractivity contribution in [2.45, 2.75) is 32.2 Å². The molecule has 0 fully saturated rings. The predicted octanol–water partition coefficient (Wildman–Crippen LogP) is 3.47. The Morgan fingerprint density at radius 2 is 1.95 bits per heavy atom. The van der Waals surface area contributed by atoms with E-state index < -0.39 is 0 Å². The van der Waals surface area contributed by atoms with E-state index >= 15 is 0 Å². The molecule has 3 rings (SSSR count). The third-order valence-electron chi connectivity index (χ3n) is 3.72. The molecule has 3 nitrogen and oxygen atoms in total. The quantitative estimate of drug-likeness (QED) is 0.922. The Hall–Kier alpha value is -1.87. The van der Waals surface area contributed by atoms with Crippen LogP contribution in [-0.4, -0.2) is 12.0 Å². The third kappa shape index (κ3) is 2.99. The Bertz CT molecular complexity index is 578. The fourth-order valence-corrected chi connectivity index (χ4v) is 2.67. The smallest absolute Gasteiger partial charge is 0.219 e. The van der Waals surface area contributed by atoms with Crippen LogP contribution in [0.3, 0.4) is 0 Å². The van der Waals surface area contributed by atoms with Crippen molar-refractivity contribution in [1.82, 2.24) is 10.3 Å². The van der Waals surface area contributed by atoms with Crippen molar-refractivity contribution in [3.8, 4) is 11.6 Å². The first-order chi connectivity index (χ1) is 9.85. The normalized spacial score (nSPS) is 13.8. The summed E-state index contributed by atoms with van der Waals surface area (Å²) in [6.07, 6.45) is 6.81. The molecule has 104 valence electrons. The molecule has 0 atom stereocenters. The minimum atomic E-state index is 0.653. The van der Waals surface area contributed by atoms with E-state index in [1.807, 2.05) is 31.4 Å². The number of fused-ring (bicyclic) bond motifs is 1. The maximum atomic E-state index is 5.85. The van der Waals surface area contributed by atoms with Crippen molar-refractivity contribution >= 4 is 0 Å². The monoisotopic (exact) mass is 268 g/mol. The summed E-state index contributed by atoms with van der Waals surface area (Å²) in [7, 11) is 1.93. The molecule has 0 unspecified atom stereocenters. The highest BCUT2D eigenvalue weighted by Crippen LogP contribution is 2.27. The van der Waals surface area contributed by atoms with E-state index in [1.165, 1.54) is 36.8 Å². The van der Waals surface area contributed by atoms with Crippen LogP contribution in [0.5, 0.6) is 11.6 Å². The van der Waals surface area contributed by atoms with Gasteiger partial charge in [-0.3, -0.25) is 0 Å². The summed E-state index contributed by atoms with van der Waals surface area (Å²) >= 11 is 0. The van der Waals surface area contributed by atoms with Crippen LogP contribution in [0.2, 0.25) is 0 Å². The molecule has 0 spiro atoms. The molecule has 0 bridgehead atoms. The van der Waals surface area contributed by atoms with E-state index in [4.69, 9.17) is 4.74 Å². The molecule has 1 aromatic heterocycles. The zero-order valence-corrected chi connectivity index (χ0v) is 11.9. The molecule has 0 amide bonds. The lowest BCUT2D eigenvalue weighted by atomic mass is 9.92. The second kappa shape index (κ2) is 6.06. The molecule has 0 radical (unpaired) electrons. The zero-order chi connectivity index (χ0) is 13.8. The lowest BCUT2D eigenvalue weighted by Crippen LogP contribution is -2.05. The highest BCUT2D eigenvalue weighted by atomic mass is 16.5. The van der Waals surface area contributed by atoms with Crippen LogP contribution in [0.4, 0.5) is 0 Å². The Balaban J connectivity index is 1.73. The fraction of sp³-hybridized carbons (Fsp3) is 0.353. The molecule has 1 N–H and O–H groups in total. The van der Waals surface area contributed by atoms with Crippen LogP contribution in [0.25, 0.3) is 0 Å². The molecule has 0 saturated carbocycles. The van der Waals surface area contributed by atoms with Crippen LogP contribution < -0.4 is 10.1 Å². The van der Waals surface area contributed by atoms with Gasteiger partial charge in [-0.2, -0.15) is 0 Å². The number of nitrogens with one attached hydrogen (secondary N) is 1. The second-order valence-corrected chi connectivity index (χ2v) is 5.27. The maximum absolute atomic E-state index is 5.85. The number of hydrogen-bond donors (Lipinski definition) is 1.